The molecule has 1 amide bonds. The lowest BCUT2D eigenvalue weighted by Crippen LogP contribution is -2.29. The minimum Gasteiger partial charge on any atom is -0.493 e. The van der Waals surface area contributed by atoms with E-state index < -0.39 is 6.04 Å². The van der Waals surface area contributed by atoms with E-state index in [0.717, 1.165) is 15.6 Å². The summed E-state index contributed by atoms with van der Waals surface area (Å²) in [5, 5.41) is 0.422. The van der Waals surface area contributed by atoms with Gasteiger partial charge in [-0.25, -0.2) is 0 Å². The van der Waals surface area contributed by atoms with E-state index in [1.54, 1.807) is 36.3 Å². The Balaban J connectivity index is 1.72. The summed E-state index contributed by atoms with van der Waals surface area (Å²) in [5.41, 5.74) is 2.18. The van der Waals surface area contributed by atoms with Gasteiger partial charge in [0.2, 0.25) is 5.76 Å². The molecule has 1 atom stereocenters. The third-order valence-electron chi connectivity index (χ3n) is 5.93. The fourth-order valence-electron chi connectivity index (χ4n) is 4.41. The van der Waals surface area contributed by atoms with E-state index >= 15 is 0 Å². The third kappa shape index (κ3) is 3.76. The van der Waals surface area contributed by atoms with Crippen molar-refractivity contribution in [2.45, 2.75) is 19.5 Å². The molecule has 0 saturated heterocycles. The summed E-state index contributed by atoms with van der Waals surface area (Å²) in [4.78, 5) is 29.0. The van der Waals surface area contributed by atoms with Gasteiger partial charge in [0.05, 0.1) is 30.7 Å². The second-order valence-corrected chi connectivity index (χ2v) is 8.89. The van der Waals surface area contributed by atoms with Crippen LogP contribution in [-0.2, 0) is 6.54 Å². The number of fused-ring (bicyclic) bond motifs is 2. The van der Waals surface area contributed by atoms with Gasteiger partial charge in [-0.05, 0) is 48.4 Å². The van der Waals surface area contributed by atoms with Crippen LogP contribution in [0.2, 0.25) is 0 Å². The molecule has 1 aromatic heterocycles. The summed E-state index contributed by atoms with van der Waals surface area (Å²) in [6.07, 6.45) is 0. The molecule has 0 fully saturated rings. The number of carbonyl (C=O) groups excluding carboxylic acids is 1. The summed E-state index contributed by atoms with van der Waals surface area (Å²) in [5.74, 6) is 0.891. The standard InChI is InChI=1S/C27H22BrNO5/c1-3-33-21-11-9-17(13-22(21)32-2)24-23-25(30)19-14-18(28)10-12-20(19)34-26(23)27(31)29(24)15-16-7-5-4-6-8-16/h4-14,24H,3,15H2,1-2H3. The van der Waals surface area contributed by atoms with Gasteiger partial charge in [0.25, 0.3) is 5.91 Å². The molecule has 4 aromatic rings. The average Bonchev–Trinajstić information content (AvgIpc) is 3.12. The predicted molar refractivity (Wildman–Crippen MR) is 133 cm³/mol. The molecule has 2 heterocycles. The third-order valence-corrected chi connectivity index (χ3v) is 6.42. The first-order chi connectivity index (χ1) is 16.5. The van der Waals surface area contributed by atoms with Gasteiger partial charge in [0.15, 0.2) is 16.9 Å². The highest BCUT2D eigenvalue weighted by molar-refractivity contribution is 9.10. The SMILES string of the molecule is CCOc1ccc(C2c3c(oc4ccc(Br)cc4c3=O)C(=O)N2Cc2ccccc2)cc1OC. The maximum atomic E-state index is 13.7. The zero-order valence-electron chi connectivity index (χ0n) is 18.7. The van der Waals surface area contributed by atoms with Crippen molar-refractivity contribution >= 4 is 32.8 Å². The highest BCUT2D eigenvalue weighted by Crippen LogP contribution is 2.41. The molecule has 34 heavy (non-hydrogen) atoms. The monoisotopic (exact) mass is 519 g/mol. The first kappa shape index (κ1) is 22.2. The van der Waals surface area contributed by atoms with E-state index in [1.807, 2.05) is 49.4 Å². The van der Waals surface area contributed by atoms with Gasteiger partial charge in [-0.1, -0.05) is 52.3 Å². The van der Waals surface area contributed by atoms with E-state index in [-0.39, 0.29) is 17.1 Å². The Bertz CT molecular complexity index is 1450. The number of rotatable bonds is 6. The summed E-state index contributed by atoms with van der Waals surface area (Å²) < 4.78 is 18.0. The largest absolute Gasteiger partial charge is 0.493 e. The van der Waals surface area contributed by atoms with Crippen LogP contribution in [0.4, 0.5) is 0 Å². The number of benzene rings is 3. The normalized spacial score (nSPS) is 15.0. The quantitative estimate of drug-likeness (QED) is 0.326. The van der Waals surface area contributed by atoms with Gasteiger partial charge in [-0.2, -0.15) is 0 Å². The molecule has 0 spiro atoms. The van der Waals surface area contributed by atoms with Crippen molar-refractivity contribution in [2.75, 3.05) is 13.7 Å². The summed E-state index contributed by atoms with van der Waals surface area (Å²) in [6.45, 7) is 2.71. The van der Waals surface area contributed by atoms with Crippen LogP contribution in [0.3, 0.4) is 0 Å². The molecule has 1 unspecified atom stereocenters. The van der Waals surface area contributed by atoms with Crippen molar-refractivity contribution in [1.82, 2.24) is 4.90 Å². The van der Waals surface area contributed by atoms with Crippen molar-refractivity contribution in [3.8, 4) is 11.5 Å². The number of hydrogen-bond donors (Lipinski definition) is 0. The smallest absolute Gasteiger partial charge is 0.291 e. The zero-order chi connectivity index (χ0) is 23.8. The number of carbonyl (C=O) groups is 1. The van der Waals surface area contributed by atoms with Crippen LogP contribution >= 0.6 is 15.9 Å². The van der Waals surface area contributed by atoms with Gasteiger partial charge in [-0.3, -0.25) is 9.59 Å². The van der Waals surface area contributed by atoms with E-state index in [2.05, 4.69) is 15.9 Å². The minimum atomic E-state index is -0.632. The van der Waals surface area contributed by atoms with Gasteiger partial charge in [0.1, 0.15) is 5.58 Å². The number of methoxy groups -OCH3 is 1. The number of amides is 1. The van der Waals surface area contributed by atoms with Crippen LogP contribution < -0.4 is 14.9 Å². The minimum absolute atomic E-state index is 0.0774. The Labute approximate surface area is 204 Å². The molecular weight excluding hydrogens is 498 g/mol. The maximum Gasteiger partial charge on any atom is 0.291 e. The number of hydrogen-bond acceptors (Lipinski definition) is 5. The molecule has 0 aliphatic carbocycles. The average molecular weight is 520 g/mol. The highest BCUT2D eigenvalue weighted by atomic mass is 79.9. The molecule has 5 rings (SSSR count). The van der Waals surface area contributed by atoms with Crippen molar-refractivity contribution < 1.29 is 18.7 Å². The maximum absolute atomic E-state index is 13.7. The van der Waals surface area contributed by atoms with Gasteiger partial charge < -0.3 is 18.8 Å². The van der Waals surface area contributed by atoms with Crippen molar-refractivity contribution in [3.05, 3.63) is 104 Å². The van der Waals surface area contributed by atoms with Crippen LogP contribution in [0.15, 0.2) is 80.4 Å². The van der Waals surface area contributed by atoms with Crippen molar-refractivity contribution in [1.29, 1.82) is 0 Å². The van der Waals surface area contributed by atoms with E-state index in [4.69, 9.17) is 13.9 Å². The van der Waals surface area contributed by atoms with Gasteiger partial charge in [0, 0.05) is 11.0 Å². The summed E-state index contributed by atoms with van der Waals surface area (Å²) in [6, 6.07) is 19.7. The topological polar surface area (TPSA) is 69.0 Å². The fraction of sp³-hybridized carbons (Fsp3) is 0.185. The Kier molecular flexibility index (Phi) is 5.87. The Morgan fingerprint density at radius 3 is 2.53 bits per heavy atom. The lowest BCUT2D eigenvalue weighted by molar-refractivity contribution is 0.0714. The molecule has 1 aliphatic heterocycles. The van der Waals surface area contributed by atoms with Gasteiger partial charge >= 0.3 is 0 Å². The van der Waals surface area contributed by atoms with Crippen LogP contribution in [0, 0.1) is 0 Å². The van der Waals surface area contributed by atoms with Crippen LogP contribution in [0.5, 0.6) is 11.5 Å². The Morgan fingerprint density at radius 1 is 1.00 bits per heavy atom. The van der Waals surface area contributed by atoms with Crippen molar-refractivity contribution in [2.24, 2.45) is 0 Å². The van der Waals surface area contributed by atoms with Gasteiger partial charge in [-0.15, -0.1) is 0 Å². The summed E-state index contributed by atoms with van der Waals surface area (Å²) >= 11 is 3.43. The number of nitrogens with zero attached hydrogens (tertiary/aromatic N) is 1. The second-order valence-electron chi connectivity index (χ2n) is 7.98. The molecule has 0 saturated carbocycles. The predicted octanol–water partition coefficient (Wildman–Crippen LogP) is 5.71. The fourth-order valence-corrected chi connectivity index (χ4v) is 4.77. The Morgan fingerprint density at radius 2 is 1.79 bits per heavy atom. The molecular formula is C27H22BrNO5. The number of ether oxygens (including phenoxy) is 2. The van der Waals surface area contributed by atoms with Crippen LogP contribution in [0.25, 0.3) is 11.0 Å². The van der Waals surface area contributed by atoms with E-state index in [0.29, 0.717) is 41.2 Å². The first-order valence-corrected chi connectivity index (χ1v) is 11.7. The molecule has 3 aromatic carbocycles. The molecule has 0 radical (unpaired) electrons. The molecule has 6 nitrogen and oxygen atoms in total. The van der Waals surface area contributed by atoms with Crippen LogP contribution in [-0.4, -0.2) is 24.5 Å². The van der Waals surface area contributed by atoms with Crippen molar-refractivity contribution in [3.63, 3.8) is 0 Å². The summed E-state index contributed by atoms with van der Waals surface area (Å²) in [7, 11) is 1.57. The molecule has 1 aliphatic rings. The van der Waals surface area contributed by atoms with E-state index in [1.165, 1.54) is 0 Å². The molecule has 7 heteroatoms. The van der Waals surface area contributed by atoms with Crippen LogP contribution in [0.1, 0.15) is 40.2 Å². The zero-order valence-corrected chi connectivity index (χ0v) is 20.3. The molecule has 0 bridgehead atoms. The molecule has 172 valence electrons. The van der Waals surface area contributed by atoms with E-state index in [9.17, 15) is 9.59 Å². The lowest BCUT2D eigenvalue weighted by Gasteiger charge is -2.26. The molecule has 0 N–H and O–H groups in total. The second kappa shape index (κ2) is 8.99. The lowest BCUT2D eigenvalue weighted by atomic mass is 9.97. The Hall–Kier alpha value is -3.58. The first-order valence-electron chi connectivity index (χ1n) is 10.9. The number of halogens is 1. The highest BCUT2D eigenvalue weighted by Gasteiger charge is 2.43.